The van der Waals surface area contributed by atoms with Crippen LogP contribution in [0.15, 0.2) is 49.1 Å². The number of fused-ring (bicyclic) bond motifs is 2. The minimum absolute atomic E-state index is 0.0483. The number of pyridine rings is 1. The van der Waals surface area contributed by atoms with Crippen molar-refractivity contribution in [3.8, 4) is 0 Å². The molecule has 1 aromatic carbocycles. The van der Waals surface area contributed by atoms with Crippen LogP contribution in [0.25, 0.3) is 10.9 Å². The third kappa shape index (κ3) is 3.10. The monoisotopic (exact) mass is 361 g/mol. The second-order valence-corrected chi connectivity index (χ2v) is 7.56. The summed E-state index contributed by atoms with van der Waals surface area (Å²) in [6.45, 7) is 4.60. The fourth-order valence-electron chi connectivity index (χ4n) is 4.32. The highest BCUT2D eigenvalue weighted by Gasteiger charge is 2.30. The van der Waals surface area contributed by atoms with E-state index in [0.717, 1.165) is 36.2 Å². The summed E-state index contributed by atoms with van der Waals surface area (Å²) in [5, 5.41) is 0.999. The molecule has 1 amide bonds. The van der Waals surface area contributed by atoms with Crippen molar-refractivity contribution < 1.29 is 4.79 Å². The number of hydrogen-bond donors (Lipinski definition) is 0. The Hall–Kier alpha value is -2.73. The summed E-state index contributed by atoms with van der Waals surface area (Å²) in [6.07, 6.45) is 8.04. The highest BCUT2D eigenvalue weighted by Crippen LogP contribution is 2.25. The van der Waals surface area contributed by atoms with Crippen LogP contribution in [0, 0.1) is 0 Å². The molecule has 0 radical (unpaired) electrons. The van der Waals surface area contributed by atoms with Gasteiger partial charge in [0.1, 0.15) is 0 Å². The Balaban J connectivity index is 1.41. The van der Waals surface area contributed by atoms with E-state index in [-0.39, 0.29) is 11.9 Å². The maximum Gasteiger partial charge on any atom is 0.255 e. The predicted octanol–water partition coefficient (Wildman–Crippen LogP) is 2.72. The van der Waals surface area contributed by atoms with Crippen molar-refractivity contribution in [2.75, 3.05) is 26.2 Å². The van der Waals surface area contributed by atoms with Gasteiger partial charge in [-0.2, -0.15) is 0 Å². The maximum atomic E-state index is 13.2. The molecule has 4 heterocycles. The van der Waals surface area contributed by atoms with Gasteiger partial charge in [-0.05, 0) is 38.1 Å². The molecule has 138 valence electrons. The van der Waals surface area contributed by atoms with E-state index in [4.69, 9.17) is 0 Å². The molecule has 2 aliphatic heterocycles. The van der Waals surface area contributed by atoms with Crippen LogP contribution in [-0.4, -0.2) is 56.4 Å². The van der Waals surface area contributed by atoms with Crippen LogP contribution in [0.4, 0.5) is 0 Å². The molecule has 0 aliphatic carbocycles. The number of aromatic nitrogens is 3. The largest absolute Gasteiger partial charge is 0.331 e. The van der Waals surface area contributed by atoms with Gasteiger partial charge in [-0.3, -0.25) is 9.78 Å². The molecule has 1 unspecified atom stereocenters. The van der Waals surface area contributed by atoms with Crippen LogP contribution >= 0.6 is 0 Å². The first-order chi connectivity index (χ1) is 13.3. The molecule has 6 nitrogen and oxygen atoms in total. The summed E-state index contributed by atoms with van der Waals surface area (Å²) in [6, 6.07) is 10.1. The lowest BCUT2D eigenvalue weighted by Crippen LogP contribution is -2.44. The van der Waals surface area contributed by atoms with Gasteiger partial charge in [0.15, 0.2) is 0 Å². The van der Waals surface area contributed by atoms with Gasteiger partial charge in [0.25, 0.3) is 5.91 Å². The fraction of sp³-hybridized carbons (Fsp3) is 0.381. The van der Waals surface area contributed by atoms with E-state index < -0.39 is 0 Å². The first-order valence-electron chi connectivity index (χ1n) is 9.65. The maximum absolute atomic E-state index is 13.2. The Morgan fingerprint density at radius 3 is 2.89 bits per heavy atom. The van der Waals surface area contributed by atoms with E-state index >= 15 is 0 Å². The number of benzene rings is 1. The van der Waals surface area contributed by atoms with E-state index in [2.05, 4.69) is 19.4 Å². The summed E-state index contributed by atoms with van der Waals surface area (Å²) in [7, 11) is 0. The molecule has 0 saturated carbocycles. The number of carbonyl (C=O) groups is 1. The minimum Gasteiger partial charge on any atom is -0.331 e. The van der Waals surface area contributed by atoms with Crippen LogP contribution in [0.5, 0.6) is 0 Å². The SMILES string of the molecule is O=C(c1cnc2ccccc2c1)N1Cc2cncn2C(CN2CCCC2)C1. The Bertz CT molecular complexity index is 975. The number of nitrogens with zero attached hydrogens (tertiary/aromatic N) is 5. The highest BCUT2D eigenvalue weighted by molar-refractivity contribution is 5.97. The summed E-state index contributed by atoms with van der Waals surface area (Å²) in [5.41, 5.74) is 2.67. The minimum atomic E-state index is 0.0483. The Labute approximate surface area is 158 Å². The Morgan fingerprint density at radius 1 is 1.15 bits per heavy atom. The zero-order valence-electron chi connectivity index (χ0n) is 15.3. The predicted molar refractivity (Wildman–Crippen MR) is 103 cm³/mol. The average Bonchev–Trinajstić information content (AvgIpc) is 3.38. The average molecular weight is 361 g/mol. The molecule has 1 saturated heterocycles. The first kappa shape index (κ1) is 16.4. The second-order valence-electron chi connectivity index (χ2n) is 7.56. The Kier molecular flexibility index (Phi) is 4.13. The summed E-state index contributed by atoms with van der Waals surface area (Å²) in [4.78, 5) is 26.4. The molecule has 0 N–H and O–H groups in total. The Morgan fingerprint density at radius 2 is 2.00 bits per heavy atom. The molecular formula is C21H23N5O. The third-order valence-corrected chi connectivity index (χ3v) is 5.72. The number of carbonyl (C=O) groups excluding carboxylic acids is 1. The van der Waals surface area contributed by atoms with Gasteiger partial charge in [-0.15, -0.1) is 0 Å². The fourth-order valence-corrected chi connectivity index (χ4v) is 4.32. The van der Waals surface area contributed by atoms with E-state index in [1.807, 2.05) is 47.8 Å². The molecule has 0 spiro atoms. The first-order valence-corrected chi connectivity index (χ1v) is 9.65. The zero-order chi connectivity index (χ0) is 18.2. The van der Waals surface area contributed by atoms with Crippen molar-refractivity contribution in [3.63, 3.8) is 0 Å². The van der Waals surface area contributed by atoms with Crippen LogP contribution in [0.1, 0.15) is 34.9 Å². The number of rotatable bonds is 3. The second kappa shape index (κ2) is 6.78. The van der Waals surface area contributed by atoms with Gasteiger partial charge in [0, 0.05) is 30.9 Å². The summed E-state index contributed by atoms with van der Waals surface area (Å²) >= 11 is 0. The van der Waals surface area contributed by atoms with Gasteiger partial charge < -0.3 is 14.4 Å². The molecule has 1 atom stereocenters. The molecule has 1 fully saturated rings. The summed E-state index contributed by atoms with van der Waals surface area (Å²) < 4.78 is 2.25. The third-order valence-electron chi connectivity index (χ3n) is 5.72. The molecular weight excluding hydrogens is 338 g/mol. The van der Waals surface area contributed by atoms with Crippen molar-refractivity contribution in [1.29, 1.82) is 0 Å². The van der Waals surface area contributed by atoms with E-state index in [9.17, 15) is 4.79 Å². The lowest BCUT2D eigenvalue weighted by atomic mass is 10.1. The quantitative estimate of drug-likeness (QED) is 0.720. The van der Waals surface area contributed by atoms with Crippen molar-refractivity contribution in [2.24, 2.45) is 0 Å². The number of para-hydroxylation sites is 1. The van der Waals surface area contributed by atoms with Gasteiger partial charge >= 0.3 is 0 Å². The molecule has 3 aromatic rings. The van der Waals surface area contributed by atoms with Gasteiger partial charge in [-0.25, -0.2) is 4.98 Å². The molecule has 0 bridgehead atoms. The standard InChI is InChI=1S/C21H23N5O/c27-21(17-9-16-5-1-2-6-20(16)23-10-17)25-13-18-11-22-15-26(18)19(14-25)12-24-7-3-4-8-24/h1-2,5-6,9-11,15,19H,3-4,7-8,12-14H2. The number of imidazole rings is 1. The normalized spacial score (nSPS) is 20.1. The molecule has 5 rings (SSSR count). The smallest absolute Gasteiger partial charge is 0.255 e. The van der Waals surface area contributed by atoms with Gasteiger partial charge in [0.2, 0.25) is 0 Å². The molecule has 2 aliphatic rings. The van der Waals surface area contributed by atoms with Crippen LogP contribution in [0.2, 0.25) is 0 Å². The van der Waals surface area contributed by atoms with Crippen molar-refractivity contribution in [3.05, 3.63) is 60.3 Å². The van der Waals surface area contributed by atoms with Crippen molar-refractivity contribution >= 4 is 16.8 Å². The number of likely N-dealkylation sites (tertiary alicyclic amines) is 1. The zero-order valence-corrected chi connectivity index (χ0v) is 15.3. The van der Waals surface area contributed by atoms with Gasteiger partial charge in [0.05, 0.1) is 35.7 Å². The lowest BCUT2D eigenvalue weighted by molar-refractivity contribution is 0.0658. The van der Waals surface area contributed by atoms with Crippen LogP contribution < -0.4 is 0 Å². The summed E-state index contributed by atoms with van der Waals surface area (Å²) in [5.74, 6) is 0.0483. The molecule has 6 heteroatoms. The van der Waals surface area contributed by atoms with Gasteiger partial charge in [-0.1, -0.05) is 18.2 Å². The highest BCUT2D eigenvalue weighted by atomic mass is 16.2. The van der Waals surface area contributed by atoms with E-state index in [1.165, 1.54) is 12.8 Å². The van der Waals surface area contributed by atoms with E-state index in [0.29, 0.717) is 18.7 Å². The van der Waals surface area contributed by atoms with Crippen molar-refractivity contribution in [2.45, 2.75) is 25.4 Å². The van der Waals surface area contributed by atoms with Crippen LogP contribution in [-0.2, 0) is 6.54 Å². The topological polar surface area (TPSA) is 54.3 Å². The van der Waals surface area contributed by atoms with Crippen molar-refractivity contribution in [1.82, 2.24) is 24.3 Å². The number of amides is 1. The molecule has 27 heavy (non-hydrogen) atoms. The lowest BCUT2D eigenvalue weighted by Gasteiger charge is -2.36. The van der Waals surface area contributed by atoms with Crippen LogP contribution in [0.3, 0.4) is 0 Å². The van der Waals surface area contributed by atoms with E-state index in [1.54, 1.807) is 6.20 Å². The number of hydrogen-bond acceptors (Lipinski definition) is 4. The molecule has 2 aromatic heterocycles.